The molecule has 0 radical (unpaired) electrons. The average Bonchev–Trinajstić information content (AvgIpc) is 3.19. The number of rotatable bonds is 6. The molecule has 27 heavy (non-hydrogen) atoms. The van der Waals surface area contributed by atoms with Crippen molar-refractivity contribution in [3.8, 4) is 17.3 Å². The summed E-state index contributed by atoms with van der Waals surface area (Å²) in [6.45, 7) is 4.34. The first kappa shape index (κ1) is 18.8. The van der Waals surface area contributed by atoms with Gasteiger partial charge >= 0.3 is 0 Å². The number of hydrogen-bond donors (Lipinski definition) is 2. The first-order valence-electron chi connectivity index (χ1n) is 8.22. The maximum atomic E-state index is 12.8. The third-order valence-corrected chi connectivity index (χ3v) is 4.76. The summed E-state index contributed by atoms with van der Waals surface area (Å²) >= 11 is 0. The second-order valence-electron chi connectivity index (χ2n) is 6.46. The second-order valence-corrected chi connectivity index (χ2v) is 8.30. The van der Waals surface area contributed by atoms with Crippen molar-refractivity contribution in [1.82, 2.24) is 29.1 Å². The van der Waals surface area contributed by atoms with Gasteiger partial charge in [-0.25, -0.2) is 13.1 Å². The summed E-state index contributed by atoms with van der Waals surface area (Å²) in [5.74, 6) is -0.0851. The number of nitrogens with one attached hydrogen (secondary N) is 2. The van der Waals surface area contributed by atoms with Crippen molar-refractivity contribution in [2.75, 3.05) is 12.8 Å². The zero-order valence-electron chi connectivity index (χ0n) is 15.1. The van der Waals surface area contributed by atoms with E-state index in [4.69, 9.17) is 0 Å². The van der Waals surface area contributed by atoms with E-state index in [0.29, 0.717) is 29.0 Å². The summed E-state index contributed by atoms with van der Waals surface area (Å²) in [7, 11) is -3.27. The van der Waals surface area contributed by atoms with Crippen molar-refractivity contribution in [1.29, 1.82) is 5.26 Å². The lowest BCUT2D eigenvalue weighted by molar-refractivity contribution is 0.565. The van der Waals surface area contributed by atoms with E-state index in [0.717, 1.165) is 6.26 Å². The van der Waals surface area contributed by atoms with Crippen LogP contribution in [0.25, 0.3) is 16.9 Å². The van der Waals surface area contributed by atoms with Crippen LogP contribution in [0.15, 0.2) is 23.4 Å². The molecule has 0 unspecified atom stereocenters. The van der Waals surface area contributed by atoms with E-state index >= 15 is 0 Å². The molecule has 3 rings (SSSR count). The Kier molecular flexibility index (Phi) is 4.86. The molecule has 142 valence electrons. The molecule has 0 aliphatic rings. The number of nitriles is 1. The number of aromatic nitrogens is 5. The number of nitrogens with zero attached hydrogens (tertiary/aromatic N) is 5. The number of sulfonamides is 1. The first-order valence-corrected chi connectivity index (χ1v) is 10.1. The summed E-state index contributed by atoms with van der Waals surface area (Å²) in [6.07, 6.45) is 5.76. The fourth-order valence-corrected chi connectivity index (χ4v) is 3.30. The molecule has 3 aromatic heterocycles. The van der Waals surface area contributed by atoms with Crippen molar-refractivity contribution in [2.45, 2.75) is 26.3 Å². The lowest BCUT2D eigenvalue weighted by Gasteiger charge is -2.11. The predicted octanol–water partition coefficient (Wildman–Crippen LogP) is 0.430. The van der Waals surface area contributed by atoms with Gasteiger partial charge in [0.2, 0.25) is 10.0 Å². The van der Waals surface area contributed by atoms with Crippen LogP contribution in [0.2, 0.25) is 0 Å². The second kappa shape index (κ2) is 6.98. The average molecular weight is 389 g/mol. The molecule has 2 N–H and O–H groups in total. The number of fused-ring (bicyclic) bond motifs is 1. The third-order valence-electron chi connectivity index (χ3n) is 4.03. The Morgan fingerprint density at radius 1 is 1.33 bits per heavy atom. The largest absolute Gasteiger partial charge is 0.338 e. The van der Waals surface area contributed by atoms with E-state index in [9.17, 15) is 18.5 Å². The van der Waals surface area contributed by atoms with Crippen LogP contribution < -0.4 is 10.3 Å². The Balaban J connectivity index is 2.05. The minimum atomic E-state index is -3.27. The molecule has 0 aliphatic carbocycles. The van der Waals surface area contributed by atoms with Gasteiger partial charge in [-0.2, -0.15) is 20.0 Å². The molecule has 0 fully saturated rings. The molecule has 0 aliphatic heterocycles. The lowest BCUT2D eigenvalue weighted by Crippen LogP contribution is -2.26. The Morgan fingerprint density at radius 2 is 2.07 bits per heavy atom. The van der Waals surface area contributed by atoms with Gasteiger partial charge in [0.15, 0.2) is 5.65 Å². The monoisotopic (exact) mass is 389 g/mol. The van der Waals surface area contributed by atoms with Crippen molar-refractivity contribution in [2.24, 2.45) is 0 Å². The van der Waals surface area contributed by atoms with E-state index in [-0.39, 0.29) is 23.6 Å². The summed E-state index contributed by atoms with van der Waals surface area (Å²) in [5.41, 5.74) is 2.08. The van der Waals surface area contributed by atoms with Gasteiger partial charge in [0.1, 0.15) is 11.6 Å². The van der Waals surface area contributed by atoms with Gasteiger partial charge in [-0.05, 0) is 5.92 Å². The maximum Gasteiger partial charge on any atom is 0.278 e. The van der Waals surface area contributed by atoms with Crippen LogP contribution >= 0.6 is 0 Å². The Hall–Kier alpha value is -2.97. The van der Waals surface area contributed by atoms with Gasteiger partial charge < -0.3 is 4.98 Å². The molecule has 0 saturated carbocycles. The quantitative estimate of drug-likeness (QED) is 0.627. The van der Waals surface area contributed by atoms with Gasteiger partial charge in [0, 0.05) is 23.9 Å². The predicted molar refractivity (Wildman–Crippen MR) is 98.7 cm³/mol. The Bertz CT molecular complexity index is 1200. The van der Waals surface area contributed by atoms with Crippen molar-refractivity contribution < 1.29 is 8.42 Å². The van der Waals surface area contributed by atoms with Crippen LogP contribution in [0.3, 0.4) is 0 Å². The van der Waals surface area contributed by atoms with E-state index < -0.39 is 10.0 Å². The number of hydrogen-bond acceptors (Lipinski definition) is 6. The number of H-pyrrole nitrogens is 1. The molecule has 0 bridgehead atoms. The third kappa shape index (κ3) is 3.76. The van der Waals surface area contributed by atoms with Crippen molar-refractivity contribution in [3.05, 3.63) is 40.1 Å². The van der Waals surface area contributed by atoms with Gasteiger partial charge in [-0.1, -0.05) is 13.8 Å². The Labute approximate surface area is 155 Å². The van der Waals surface area contributed by atoms with E-state index in [1.165, 1.54) is 10.7 Å². The topological polar surface area (TPSA) is 138 Å². The smallest absolute Gasteiger partial charge is 0.278 e. The molecule has 3 aromatic rings. The SMILES string of the molecule is CC(C)c1c(-c2cnn(CCNS(C)(=O)=O)c2)[nH]c2c(C#N)cnn2c1=O. The van der Waals surface area contributed by atoms with Crippen LogP contribution in [0, 0.1) is 11.3 Å². The van der Waals surface area contributed by atoms with Gasteiger partial charge in [-0.15, -0.1) is 0 Å². The molecule has 3 heterocycles. The first-order chi connectivity index (χ1) is 12.7. The highest BCUT2D eigenvalue weighted by Crippen LogP contribution is 2.25. The minimum Gasteiger partial charge on any atom is -0.338 e. The summed E-state index contributed by atoms with van der Waals surface area (Å²) < 4.78 is 27.5. The fourth-order valence-electron chi connectivity index (χ4n) is 2.84. The van der Waals surface area contributed by atoms with Crippen molar-refractivity contribution >= 4 is 15.7 Å². The van der Waals surface area contributed by atoms with Gasteiger partial charge in [-0.3, -0.25) is 9.48 Å². The van der Waals surface area contributed by atoms with Crippen LogP contribution in [0.1, 0.15) is 30.9 Å². The summed E-state index contributed by atoms with van der Waals surface area (Å²) in [5, 5.41) is 17.4. The van der Waals surface area contributed by atoms with Crippen LogP contribution in [-0.2, 0) is 16.6 Å². The minimum absolute atomic E-state index is 0.0851. The van der Waals surface area contributed by atoms with Gasteiger partial charge in [0.05, 0.1) is 30.9 Å². The van der Waals surface area contributed by atoms with Gasteiger partial charge in [0.25, 0.3) is 5.56 Å². The maximum absolute atomic E-state index is 12.8. The molecular weight excluding hydrogens is 370 g/mol. The standard InChI is InChI=1S/C16H19N7O3S/c1-10(2)13-14(21-15-11(6-17)7-19-23(15)16(13)24)12-8-18-22(9-12)5-4-20-27(3,25)26/h7-10,20-21H,4-5H2,1-3H3. The molecule has 10 nitrogen and oxygen atoms in total. The highest BCUT2D eigenvalue weighted by molar-refractivity contribution is 7.88. The van der Waals surface area contributed by atoms with Crippen LogP contribution in [-0.4, -0.2) is 45.6 Å². The highest BCUT2D eigenvalue weighted by Gasteiger charge is 2.20. The molecule has 11 heteroatoms. The number of aromatic amines is 1. The Morgan fingerprint density at radius 3 is 2.70 bits per heavy atom. The summed E-state index contributed by atoms with van der Waals surface area (Å²) in [6, 6.07) is 2.01. The zero-order valence-corrected chi connectivity index (χ0v) is 15.9. The highest BCUT2D eigenvalue weighted by atomic mass is 32.2. The molecular formula is C16H19N7O3S. The van der Waals surface area contributed by atoms with E-state index in [2.05, 4.69) is 19.9 Å². The zero-order chi connectivity index (χ0) is 19.8. The fraction of sp³-hybridized carbons (Fsp3) is 0.375. The van der Waals surface area contributed by atoms with Crippen LogP contribution in [0.5, 0.6) is 0 Å². The van der Waals surface area contributed by atoms with E-state index in [1.54, 1.807) is 17.1 Å². The van der Waals surface area contributed by atoms with E-state index in [1.807, 2.05) is 19.9 Å². The lowest BCUT2D eigenvalue weighted by atomic mass is 10.00. The molecule has 0 spiro atoms. The normalized spacial score (nSPS) is 12.0. The molecule has 0 amide bonds. The van der Waals surface area contributed by atoms with Crippen LogP contribution in [0.4, 0.5) is 0 Å². The van der Waals surface area contributed by atoms with Crippen molar-refractivity contribution in [3.63, 3.8) is 0 Å². The molecule has 0 atom stereocenters. The molecule has 0 saturated heterocycles. The molecule has 0 aromatic carbocycles. The summed E-state index contributed by atoms with van der Waals surface area (Å²) in [4.78, 5) is 16.0.